The summed E-state index contributed by atoms with van der Waals surface area (Å²) < 4.78 is 9.64. The minimum atomic E-state index is -0.912. The van der Waals surface area contributed by atoms with Gasteiger partial charge in [-0.2, -0.15) is 0 Å². The topological polar surface area (TPSA) is 78.6 Å². The van der Waals surface area contributed by atoms with Crippen LogP contribution in [0.4, 0.5) is 0 Å². The molecule has 0 saturated carbocycles. The molecule has 5 nitrogen and oxygen atoms in total. The molecule has 0 fully saturated rings. The van der Waals surface area contributed by atoms with Crippen molar-refractivity contribution in [3.63, 3.8) is 0 Å². The van der Waals surface area contributed by atoms with Crippen molar-refractivity contribution in [2.75, 3.05) is 26.9 Å². The Morgan fingerprint density at radius 1 is 1.25 bits per heavy atom. The van der Waals surface area contributed by atoms with Crippen molar-refractivity contribution in [1.82, 2.24) is 0 Å². The molecule has 0 aromatic carbocycles. The monoisotopic (exact) mass is 175 g/mol. The molecule has 0 atom stereocenters. The Labute approximate surface area is 70.8 Å². The lowest BCUT2D eigenvalue weighted by Gasteiger charge is -2.00. The van der Waals surface area contributed by atoms with Crippen molar-refractivity contribution < 1.29 is 19.1 Å². The first-order valence-corrected chi connectivity index (χ1v) is 3.57. The predicted molar refractivity (Wildman–Crippen MR) is 41.5 cm³/mol. The van der Waals surface area contributed by atoms with E-state index < -0.39 is 11.7 Å². The Balaban J connectivity index is 3.20. The van der Waals surface area contributed by atoms with Gasteiger partial charge < -0.3 is 15.2 Å². The zero-order chi connectivity index (χ0) is 9.40. The van der Waals surface area contributed by atoms with E-state index in [4.69, 9.17) is 15.2 Å². The van der Waals surface area contributed by atoms with Crippen LogP contribution in [0.25, 0.3) is 0 Å². The number of rotatable bonds is 7. The first-order valence-electron chi connectivity index (χ1n) is 3.57. The molecule has 0 rings (SSSR count). The molecule has 5 heteroatoms. The second-order valence-corrected chi connectivity index (χ2v) is 2.14. The van der Waals surface area contributed by atoms with Crippen molar-refractivity contribution in [2.45, 2.75) is 6.42 Å². The SMILES string of the molecule is COCCOCCC(=O)C(N)=O. The molecule has 0 aliphatic rings. The molecular formula is C7H13NO4. The van der Waals surface area contributed by atoms with Gasteiger partial charge in [-0.1, -0.05) is 0 Å². The third-order valence-corrected chi connectivity index (χ3v) is 1.18. The van der Waals surface area contributed by atoms with Gasteiger partial charge in [0, 0.05) is 13.5 Å². The fourth-order valence-electron chi connectivity index (χ4n) is 0.532. The van der Waals surface area contributed by atoms with Crippen LogP contribution in [0.3, 0.4) is 0 Å². The van der Waals surface area contributed by atoms with Crippen LogP contribution < -0.4 is 5.73 Å². The number of Topliss-reactive ketones (excluding diaryl/α,β-unsaturated/α-hetero) is 1. The summed E-state index contributed by atoms with van der Waals surface area (Å²) in [6.07, 6.45) is 0.0407. The highest BCUT2D eigenvalue weighted by atomic mass is 16.5. The normalized spacial score (nSPS) is 9.75. The molecule has 1 amide bonds. The van der Waals surface area contributed by atoms with Gasteiger partial charge in [-0.25, -0.2) is 0 Å². The van der Waals surface area contributed by atoms with E-state index in [0.29, 0.717) is 13.2 Å². The molecule has 70 valence electrons. The summed E-state index contributed by atoms with van der Waals surface area (Å²) in [5.41, 5.74) is 4.71. The highest BCUT2D eigenvalue weighted by Crippen LogP contribution is 1.84. The summed E-state index contributed by atoms with van der Waals surface area (Å²) >= 11 is 0. The maximum Gasteiger partial charge on any atom is 0.284 e. The van der Waals surface area contributed by atoms with E-state index in [2.05, 4.69) is 0 Å². The minimum Gasteiger partial charge on any atom is -0.382 e. The number of ether oxygens (including phenoxy) is 2. The van der Waals surface area contributed by atoms with Crippen molar-refractivity contribution in [3.8, 4) is 0 Å². The molecule has 0 aliphatic heterocycles. The van der Waals surface area contributed by atoms with Crippen LogP contribution >= 0.6 is 0 Å². The fourth-order valence-corrected chi connectivity index (χ4v) is 0.532. The van der Waals surface area contributed by atoms with Crippen molar-refractivity contribution in [3.05, 3.63) is 0 Å². The average Bonchev–Trinajstić information content (AvgIpc) is 2.03. The van der Waals surface area contributed by atoms with Crippen molar-refractivity contribution in [1.29, 1.82) is 0 Å². The van der Waals surface area contributed by atoms with Crippen molar-refractivity contribution >= 4 is 11.7 Å². The lowest BCUT2D eigenvalue weighted by molar-refractivity contribution is -0.136. The summed E-state index contributed by atoms with van der Waals surface area (Å²) in [5.74, 6) is -1.52. The van der Waals surface area contributed by atoms with E-state index in [1.807, 2.05) is 0 Å². The van der Waals surface area contributed by atoms with Crippen LogP contribution in [-0.2, 0) is 19.1 Å². The largest absolute Gasteiger partial charge is 0.382 e. The van der Waals surface area contributed by atoms with Crippen LogP contribution in [-0.4, -0.2) is 38.6 Å². The van der Waals surface area contributed by atoms with Crippen LogP contribution in [0.5, 0.6) is 0 Å². The van der Waals surface area contributed by atoms with Gasteiger partial charge in [-0.3, -0.25) is 9.59 Å². The Morgan fingerprint density at radius 2 is 1.92 bits per heavy atom. The van der Waals surface area contributed by atoms with Crippen LogP contribution in [0, 0.1) is 0 Å². The first-order chi connectivity index (χ1) is 5.68. The van der Waals surface area contributed by atoms with Gasteiger partial charge in [-0.15, -0.1) is 0 Å². The maximum absolute atomic E-state index is 10.6. The van der Waals surface area contributed by atoms with Gasteiger partial charge in [0.05, 0.1) is 19.8 Å². The smallest absolute Gasteiger partial charge is 0.284 e. The highest BCUT2D eigenvalue weighted by molar-refractivity contribution is 6.35. The van der Waals surface area contributed by atoms with Crippen LogP contribution in [0.2, 0.25) is 0 Å². The third kappa shape index (κ3) is 5.82. The number of carbonyl (C=O) groups is 2. The molecule has 0 aromatic heterocycles. The zero-order valence-corrected chi connectivity index (χ0v) is 7.04. The molecule has 0 radical (unpaired) electrons. The molecule has 0 spiro atoms. The molecule has 0 aromatic rings. The summed E-state index contributed by atoms with van der Waals surface area (Å²) in [6, 6.07) is 0. The lowest BCUT2D eigenvalue weighted by atomic mass is 10.3. The number of methoxy groups -OCH3 is 1. The number of hydrogen-bond acceptors (Lipinski definition) is 4. The molecule has 0 aliphatic carbocycles. The van der Waals surface area contributed by atoms with E-state index >= 15 is 0 Å². The number of nitrogens with two attached hydrogens (primary N) is 1. The van der Waals surface area contributed by atoms with E-state index in [9.17, 15) is 9.59 Å². The lowest BCUT2D eigenvalue weighted by Crippen LogP contribution is -2.24. The van der Waals surface area contributed by atoms with Crippen molar-refractivity contribution in [2.24, 2.45) is 5.73 Å². The predicted octanol–water partition coefficient (Wildman–Crippen LogP) is -0.906. The summed E-state index contributed by atoms with van der Waals surface area (Å²) in [7, 11) is 1.55. The molecule has 0 saturated heterocycles. The Hall–Kier alpha value is -0.940. The van der Waals surface area contributed by atoms with E-state index in [1.165, 1.54) is 0 Å². The fraction of sp³-hybridized carbons (Fsp3) is 0.714. The van der Waals surface area contributed by atoms with Crippen LogP contribution in [0.1, 0.15) is 6.42 Å². The average molecular weight is 175 g/mol. The second-order valence-electron chi connectivity index (χ2n) is 2.14. The number of amides is 1. The molecule has 0 unspecified atom stereocenters. The number of hydrogen-bond donors (Lipinski definition) is 1. The second kappa shape index (κ2) is 6.75. The Kier molecular flexibility index (Phi) is 6.22. The van der Waals surface area contributed by atoms with E-state index in [0.717, 1.165) is 0 Å². The maximum atomic E-state index is 10.6. The summed E-state index contributed by atoms with van der Waals surface area (Å²) in [5, 5.41) is 0. The zero-order valence-electron chi connectivity index (χ0n) is 7.04. The number of carbonyl (C=O) groups excluding carboxylic acids is 2. The molecular weight excluding hydrogens is 162 g/mol. The molecule has 0 bridgehead atoms. The van der Waals surface area contributed by atoms with Gasteiger partial charge in [0.25, 0.3) is 5.91 Å². The number of ketones is 1. The molecule has 0 heterocycles. The quantitative estimate of drug-likeness (QED) is 0.401. The van der Waals surface area contributed by atoms with E-state index in [1.54, 1.807) is 7.11 Å². The van der Waals surface area contributed by atoms with Gasteiger partial charge >= 0.3 is 0 Å². The molecule has 2 N–H and O–H groups in total. The van der Waals surface area contributed by atoms with Gasteiger partial charge in [0.2, 0.25) is 5.78 Å². The summed E-state index contributed by atoms with van der Waals surface area (Å²) in [4.78, 5) is 20.8. The Bertz CT molecular complexity index is 157. The standard InChI is InChI=1S/C7H13NO4/c1-11-4-5-12-3-2-6(9)7(8)10/h2-5H2,1H3,(H2,8,10). The summed E-state index contributed by atoms with van der Waals surface area (Å²) in [6.45, 7) is 1.11. The van der Waals surface area contributed by atoms with Gasteiger partial charge in [-0.05, 0) is 0 Å². The van der Waals surface area contributed by atoms with Crippen LogP contribution in [0.15, 0.2) is 0 Å². The third-order valence-electron chi connectivity index (χ3n) is 1.18. The highest BCUT2D eigenvalue weighted by Gasteiger charge is 2.07. The van der Waals surface area contributed by atoms with E-state index in [-0.39, 0.29) is 13.0 Å². The van der Waals surface area contributed by atoms with Gasteiger partial charge in [0.1, 0.15) is 0 Å². The van der Waals surface area contributed by atoms with Gasteiger partial charge in [0.15, 0.2) is 0 Å². The number of primary amides is 1. The first kappa shape index (κ1) is 11.1. The Morgan fingerprint density at radius 3 is 2.42 bits per heavy atom. The molecule has 12 heavy (non-hydrogen) atoms. The minimum absolute atomic E-state index is 0.0407.